The molecule has 1 fully saturated rings. The molecule has 0 bridgehead atoms. The summed E-state index contributed by atoms with van der Waals surface area (Å²) in [4.78, 5) is 0. The highest BCUT2D eigenvalue weighted by molar-refractivity contribution is 7.87. The fourth-order valence-corrected chi connectivity index (χ4v) is 4.13. The quantitative estimate of drug-likeness (QED) is 0.907. The second-order valence-corrected chi connectivity index (χ2v) is 7.20. The van der Waals surface area contributed by atoms with Crippen LogP contribution in [0.25, 0.3) is 0 Å². The minimum Gasteiger partial charge on any atom is -0.493 e. The Kier molecular flexibility index (Phi) is 3.96. The van der Waals surface area contributed by atoms with Gasteiger partial charge >= 0.3 is 0 Å². The summed E-state index contributed by atoms with van der Waals surface area (Å²) in [6, 6.07) is 7.94. The molecule has 2 aliphatic rings. The van der Waals surface area contributed by atoms with E-state index in [1.807, 2.05) is 24.3 Å². The summed E-state index contributed by atoms with van der Waals surface area (Å²) in [5, 5.41) is 0. The summed E-state index contributed by atoms with van der Waals surface area (Å²) < 4.78 is 34.1. The van der Waals surface area contributed by atoms with Crippen molar-refractivity contribution in [2.45, 2.75) is 19.3 Å². The van der Waals surface area contributed by atoms with E-state index in [-0.39, 0.29) is 5.92 Å². The summed E-state index contributed by atoms with van der Waals surface area (Å²) >= 11 is 0. The Morgan fingerprint density at radius 2 is 2.00 bits per heavy atom. The van der Waals surface area contributed by atoms with Crippen molar-refractivity contribution < 1.29 is 13.2 Å². The molecular weight excluding hydrogens is 276 g/mol. The van der Waals surface area contributed by atoms with Gasteiger partial charge in [0.2, 0.25) is 0 Å². The van der Waals surface area contributed by atoms with Crippen LogP contribution >= 0.6 is 0 Å². The Morgan fingerprint density at radius 1 is 1.25 bits per heavy atom. The summed E-state index contributed by atoms with van der Waals surface area (Å²) in [6.45, 7) is 2.28. The van der Waals surface area contributed by atoms with Crippen LogP contribution in [0.4, 0.5) is 0 Å². The number of benzene rings is 1. The lowest BCUT2D eigenvalue weighted by Gasteiger charge is -2.26. The number of hydrogen-bond acceptors (Lipinski definition) is 3. The molecule has 0 aromatic heterocycles. The van der Waals surface area contributed by atoms with Gasteiger partial charge in [-0.05, 0) is 30.9 Å². The number of nitrogens with zero attached hydrogens (tertiary/aromatic N) is 1. The molecule has 1 saturated heterocycles. The van der Waals surface area contributed by atoms with E-state index in [0.717, 1.165) is 30.6 Å². The molecule has 110 valence electrons. The number of rotatable bonds is 4. The molecule has 20 heavy (non-hydrogen) atoms. The summed E-state index contributed by atoms with van der Waals surface area (Å²) in [6.07, 6.45) is 2.78. The van der Waals surface area contributed by atoms with Gasteiger partial charge in [0.15, 0.2) is 0 Å². The van der Waals surface area contributed by atoms with Crippen LogP contribution < -0.4 is 9.46 Å². The predicted octanol–water partition coefficient (Wildman–Crippen LogP) is 1.17. The van der Waals surface area contributed by atoms with Crippen molar-refractivity contribution in [2.24, 2.45) is 5.92 Å². The first-order chi connectivity index (χ1) is 9.65. The molecule has 0 saturated carbocycles. The van der Waals surface area contributed by atoms with Crippen molar-refractivity contribution in [1.29, 1.82) is 0 Å². The highest BCUT2D eigenvalue weighted by Crippen LogP contribution is 2.26. The Balaban J connectivity index is 1.57. The molecule has 6 heteroatoms. The molecule has 1 aromatic rings. The van der Waals surface area contributed by atoms with Gasteiger partial charge in [0.05, 0.1) is 6.61 Å². The topological polar surface area (TPSA) is 58.6 Å². The van der Waals surface area contributed by atoms with E-state index in [1.165, 1.54) is 4.31 Å². The van der Waals surface area contributed by atoms with Crippen molar-refractivity contribution in [3.8, 4) is 5.75 Å². The molecule has 0 radical (unpaired) electrons. The van der Waals surface area contributed by atoms with Crippen LogP contribution in [-0.4, -0.2) is 39.0 Å². The maximum Gasteiger partial charge on any atom is 0.279 e. The second-order valence-electron chi connectivity index (χ2n) is 5.45. The summed E-state index contributed by atoms with van der Waals surface area (Å²) in [5.41, 5.74) is 1.16. The molecule has 2 heterocycles. The minimum absolute atomic E-state index is 0.197. The van der Waals surface area contributed by atoms with Gasteiger partial charge in [-0.3, -0.25) is 0 Å². The van der Waals surface area contributed by atoms with E-state index in [0.29, 0.717) is 26.2 Å². The number of hydrogen-bond donors (Lipinski definition) is 1. The zero-order valence-electron chi connectivity index (χ0n) is 11.4. The van der Waals surface area contributed by atoms with Crippen LogP contribution in [0.5, 0.6) is 5.75 Å². The van der Waals surface area contributed by atoms with Crippen molar-refractivity contribution in [2.75, 3.05) is 26.2 Å². The van der Waals surface area contributed by atoms with Gasteiger partial charge in [0.1, 0.15) is 5.75 Å². The van der Waals surface area contributed by atoms with E-state index in [1.54, 1.807) is 0 Å². The second kappa shape index (κ2) is 5.71. The molecule has 0 unspecified atom stereocenters. The first kappa shape index (κ1) is 13.9. The molecule has 0 spiro atoms. The lowest BCUT2D eigenvalue weighted by atomic mass is 9.97. The van der Waals surface area contributed by atoms with E-state index in [9.17, 15) is 8.42 Å². The monoisotopic (exact) mass is 296 g/mol. The number of nitrogens with one attached hydrogen (secondary N) is 1. The maximum atomic E-state index is 12.1. The zero-order valence-corrected chi connectivity index (χ0v) is 12.2. The highest BCUT2D eigenvalue weighted by atomic mass is 32.2. The standard InChI is InChI=1S/C14H20N2O3S/c17-20(18,16-7-3-4-8-16)15-10-12-9-13-5-1-2-6-14(13)19-11-12/h1-2,5-6,12,15H,3-4,7-11H2/t12-/m0/s1. The van der Waals surface area contributed by atoms with Gasteiger partial charge in [-0.1, -0.05) is 18.2 Å². The molecule has 1 atom stereocenters. The average molecular weight is 296 g/mol. The molecule has 0 aliphatic carbocycles. The van der Waals surface area contributed by atoms with E-state index < -0.39 is 10.2 Å². The maximum absolute atomic E-state index is 12.1. The lowest BCUT2D eigenvalue weighted by Crippen LogP contribution is -2.42. The van der Waals surface area contributed by atoms with E-state index >= 15 is 0 Å². The molecule has 1 aromatic carbocycles. The number of ether oxygens (including phenoxy) is 1. The third kappa shape index (κ3) is 2.97. The van der Waals surface area contributed by atoms with Crippen LogP contribution in [0.3, 0.4) is 0 Å². The van der Waals surface area contributed by atoms with Gasteiger partial charge in [0, 0.05) is 25.6 Å². The minimum atomic E-state index is -3.31. The van der Waals surface area contributed by atoms with Gasteiger partial charge in [-0.2, -0.15) is 12.7 Å². The van der Waals surface area contributed by atoms with Crippen molar-refractivity contribution >= 4 is 10.2 Å². The number of para-hydroxylation sites is 1. The molecule has 2 aliphatic heterocycles. The summed E-state index contributed by atoms with van der Waals surface area (Å²) in [5.74, 6) is 1.12. The van der Waals surface area contributed by atoms with E-state index in [4.69, 9.17) is 4.74 Å². The Labute approximate surface area is 120 Å². The fraction of sp³-hybridized carbons (Fsp3) is 0.571. The van der Waals surface area contributed by atoms with Gasteiger partial charge in [-0.25, -0.2) is 4.72 Å². The number of fused-ring (bicyclic) bond motifs is 1. The molecular formula is C14H20N2O3S. The molecule has 5 nitrogen and oxygen atoms in total. The van der Waals surface area contributed by atoms with Crippen LogP contribution in [0.1, 0.15) is 18.4 Å². The highest BCUT2D eigenvalue weighted by Gasteiger charge is 2.27. The SMILES string of the molecule is O=S(=O)(NC[C@H]1COc2ccccc2C1)N1CCCC1. The van der Waals surface area contributed by atoms with Gasteiger partial charge in [-0.15, -0.1) is 0 Å². The van der Waals surface area contributed by atoms with Crippen molar-refractivity contribution in [3.63, 3.8) is 0 Å². The fourth-order valence-electron chi connectivity index (χ4n) is 2.76. The van der Waals surface area contributed by atoms with Crippen molar-refractivity contribution in [1.82, 2.24) is 9.03 Å². The largest absolute Gasteiger partial charge is 0.493 e. The lowest BCUT2D eigenvalue weighted by molar-refractivity contribution is 0.223. The van der Waals surface area contributed by atoms with Crippen LogP contribution in [0.15, 0.2) is 24.3 Å². The average Bonchev–Trinajstić information content (AvgIpc) is 3.00. The Bertz CT molecular complexity index is 568. The molecule has 0 amide bonds. The normalized spacial score (nSPS) is 23.3. The first-order valence-electron chi connectivity index (χ1n) is 7.10. The third-order valence-electron chi connectivity index (χ3n) is 3.92. The Morgan fingerprint density at radius 3 is 2.80 bits per heavy atom. The van der Waals surface area contributed by atoms with Crippen LogP contribution in [-0.2, 0) is 16.6 Å². The first-order valence-corrected chi connectivity index (χ1v) is 8.54. The van der Waals surface area contributed by atoms with Gasteiger partial charge in [0.25, 0.3) is 10.2 Å². The van der Waals surface area contributed by atoms with E-state index in [2.05, 4.69) is 4.72 Å². The Hall–Kier alpha value is -1.11. The van der Waals surface area contributed by atoms with Crippen LogP contribution in [0, 0.1) is 5.92 Å². The smallest absolute Gasteiger partial charge is 0.279 e. The van der Waals surface area contributed by atoms with Crippen LogP contribution in [0.2, 0.25) is 0 Å². The molecule has 3 rings (SSSR count). The summed E-state index contributed by atoms with van der Waals surface area (Å²) in [7, 11) is -3.31. The molecule has 1 N–H and O–H groups in total. The zero-order chi connectivity index (χ0) is 14.0. The van der Waals surface area contributed by atoms with Gasteiger partial charge < -0.3 is 4.74 Å². The predicted molar refractivity (Wildman–Crippen MR) is 76.9 cm³/mol. The third-order valence-corrected chi connectivity index (χ3v) is 5.49. The van der Waals surface area contributed by atoms with Crippen molar-refractivity contribution in [3.05, 3.63) is 29.8 Å².